The lowest BCUT2D eigenvalue weighted by molar-refractivity contribution is -0.840. The van der Waals surface area contributed by atoms with Crippen LogP contribution in [0.25, 0.3) is 0 Å². The normalized spacial score (nSPS) is 13.4. The van der Waals surface area contributed by atoms with Gasteiger partial charge in [-0.3, -0.25) is 4.79 Å². The van der Waals surface area contributed by atoms with Crippen LogP contribution in [-0.2, 0) is 4.79 Å². The summed E-state index contributed by atoms with van der Waals surface area (Å²) in [5, 5.41) is 11.5. The molecule has 1 amide bonds. The van der Waals surface area contributed by atoms with Crippen LogP contribution in [0.15, 0.2) is 0 Å². The minimum absolute atomic E-state index is 0.124. The number of nitrogens with two attached hydrogens (primary N) is 1. The van der Waals surface area contributed by atoms with Crippen LogP contribution in [0.1, 0.15) is 71.1 Å². The summed E-state index contributed by atoms with van der Waals surface area (Å²) in [6.07, 6.45) is 11.5. The Balaban J connectivity index is 3.64. The number of nitrogens with zero attached hydrogens (tertiary/aromatic N) is 1. The fraction of sp³-hybridized carbons (Fsp3) is 0.938. The number of unbranched alkanes of at least 4 members (excludes halogenated alkanes) is 7. The van der Waals surface area contributed by atoms with Crippen molar-refractivity contribution in [2.75, 3.05) is 20.6 Å². The third-order valence-corrected chi connectivity index (χ3v) is 3.82. The van der Waals surface area contributed by atoms with Gasteiger partial charge in [-0.05, 0) is 6.42 Å². The zero-order valence-corrected chi connectivity index (χ0v) is 13.7. The molecule has 0 aliphatic rings. The van der Waals surface area contributed by atoms with E-state index in [4.69, 9.17) is 5.73 Å². The van der Waals surface area contributed by atoms with E-state index in [-0.39, 0.29) is 16.5 Å². The molecule has 20 heavy (non-hydrogen) atoms. The SMILES string of the molecule is CCCCCCCCCCC(CC[N+](C)(C)[O-])C(N)=O. The summed E-state index contributed by atoms with van der Waals surface area (Å²) in [6, 6.07) is 0. The number of quaternary nitrogens is 1. The summed E-state index contributed by atoms with van der Waals surface area (Å²) in [4.78, 5) is 11.4. The number of hydrogen-bond acceptors (Lipinski definition) is 2. The Labute approximate surface area is 124 Å². The van der Waals surface area contributed by atoms with Crippen LogP contribution in [0.5, 0.6) is 0 Å². The van der Waals surface area contributed by atoms with E-state index in [9.17, 15) is 10.0 Å². The highest BCUT2D eigenvalue weighted by Gasteiger charge is 2.17. The molecular formula is C16H34N2O2. The predicted molar refractivity (Wildman–Crippen MR) is 84.9 cm³/mol. The van der Waals surface area contributed by atoms with Crippen LogP contribution in [0, 0.1) is 11.1 Å². The molecule has 0 aliphatic carbocycles. The molecule has 4 nitrogen and oxygen atoms in total. The Kier molecular flexibility index (Phi) is 10.8. The number of rotatable bonds is 13. The second kappa shape index (κ2) is 11.1. The van der Waals surface area contributed by atoms with E-state index >= 15 is 0 Å². The molecule has 2 N–H and O–H groups in total. The average molecular weight is 286 g/mol. The first-order chi connectivity index (χ1) is 9.37. The van der Waals surface area contributed by atoms with Crippen LogP contribution in [0.2, 0.25) is 0 Å². The third kappa shape index (κ3) is 12.4. The van der Waals surface area contributed by atoms with Gasteiger partial charge in [-0.2, -0.15) is 0 Å². The number of hydrogen-bond donors (Lipinski definition) is 1. The van der Waals surface area contributed by atoms with E-state index in [0.717, 1.165) is 12.8 Å². The Morgan fingerprint density at radius 1 is 1.00 bits per heavy atom. The van der Waals surface area contributed by atoms with Crippen molar-refractivity contribution in [1.82, 2.24) is 0 Å². The molecule has 0 aromatic heterocycles. The van der Waals surface area contributed by atoms with E-state index < -0.39 is 0 Å². The van der Waals surface area contributed by atoms with E-state index in [0.29, 0.717) is 13.0 Å². The number of hydroxylamine groups is 3. The number of carbonyl (C=O) groups excluding carboxylic acids is 1. The zero-order valence-electron chi connectivity index (χ0n) is 13.7. The summed E-state index contributed by atoms with van der Waals surface area (Å²) in [7, 11) is 3.21. The lowest BCUT2D eigenvalue weighted by Gasteiger charge is -2.34. The Morgan fingerprint density at radius 3 is 1.95 bits per heavy atom. The summed E-state index contributed by atoms with van der Waals surface area (Å²) in [5.74, 6) is -0.372. The Morgan fingerprint density at radius 2 is 1.50 bits per heavy atom. The van der Waals surface area contributed by atoms with Crippen LogP contribution in [0.3, 0.4) is 0 Å². The quantitative estimate of drug-likeness (QED) is 0.319. The van der Waals surface area contributed by atoms with Gasteiger partial charge in [0.25, 0.3) is 0 Å². The minimum Gasteiger partial charge on any atom is -0.633 e. The van der Waals surface area contributed by atoms with Gasteiger partial charge in [0.1, 0.15) is 0 Å². The monoisotopic (exact) mass is 286 g/mol. The molecule has 0 rings (SSSR count). The fourth-order valence-corrected chi connectivity index (χ4v) is 2.42. The lowest BCUT2D eigenvalue weighted by Crippen LogP contribution is -2.36. The van der Waals surface area contributed by atoms with Crippen molar-refractivity contribution in [2.24, 2.45) is 11.7 Å². The van der Waals surface area contributed by atoms with E-state index in [1.54, 1.807) is 14.1 Å². The molecule has 0 aliphatic heterocycles. The maximum atomic E-state index is 11.5. The average Bonchev–Trinajstić information content (AvgIpc) is 2.34. The van der Waals surface area contributed by atoms with E-state index in [2.05, 4.69) is 6.92 Å². The maximum absolute atomic E-state index is 11.5. The molecule has 120 valence electrons. The van der Waals surface area contributed by atoms with Gasteiger partial charge in [0, 0.05) is 12.3 Å². The molecule has 1 atom stereocenters. The first-order valence-corrected chi connectivity index (χ1v) is 8.20. The van der Waals surface area contributed by atoms with Crippen LogP contribution < -0.4 is 5.73 Å². The largest absolute Gasteiger partial charge is 0.633 e. The first-order valence-electron chi connectivity index (χ1n) is 8.20. The van der Waals surface area contributed by atoms with Gasteiger partial charge in [0.05, 0.1) is 20.6 Å². The molecule has 0 heterocycles. The van der Waals surface area contributed by atoms with Crippen molar-refractivity contribution in [3.8, 4) is 0 Å². The van der Waals surface area contributed by atoms with Gasteiger partial charge in [0.15, 0.2) is 0 Å². The lowest BCUT2D eigenvalue weighted by atomic mass is 9.96. The minimum atomic E-state index is -0.346. The van der Waals surface area contributed by atoms with Crippen molar-refractivity contribution in [3.63, 3.8) is 0 Å². The zero-order chi connectivity index (χ0) is 15.4. The summed E-state index contributed by atoms with van der Waals surface area (Å²) < 4.78 is -0.346. The highest BCUT2D eigenvalue weighted by molar-refractivity contribution is 5.76. The molecule has 0 bridgehead atoms. The molecule has 0 saturated carbocycles. The van der Waals surface area contributed by atoms with Crippen molar-refractivity contribution >= 4 is 5.91 Å². The van der Waals surface area contributed by atoms with Crippen LogP contribution in [-0.4, -0.2) is 31.2 Å². The molecule has 0 radical (unpaired) electrons. The molecule has 0 fully saturated rings. The second-order valence-electron chi connectivity index (χ2n) is 6.45. The predicted octanol–water partition coefficient (Wildman–Crippen LogP) is 3.58. The molecule has 0 aromatic rings. The highest BCUT2D eigenvalue weighted by Crippen LogP contribution is 2.16. The fourth-order valence-electron chi connectivity index (χ4n) is 2.42. The van der Waals surface area contributed by atoms with Crippen LogP contribution >= 0.6 is 0 Å². The number of primary amides is 1. The highest BCUT2D eigenvalue weighted by atomic mass is 16.5. The molecule has 0 spiro atoms. The molecule has 4 heteroatoms. The van der Waals surface area contributed by atoms with Crippen molar-refractivity contribution in [3.05, 3.63) is 5.21 Å². The van der Waals surface area contributed by atoms with Gasteiger partial charge in [-0.25, -0.2) is 0 Å². The first kappa shape index (κ1) is 19.4. The van der Waals surface area contributed by atoms with Crippen LogP contribution in [0.4, 0.5) is 0 Å². The standard InChI is InChI=1S/C16H34N2O2/c1-4-5-6-7-8-9-10-11-12-15(16(17)19)13-14-18(2,3)20/h15H,4-14H2,1-3H3,(H2,17,19). The van der Waals surface area contributed by atoms with Gasteiger partial charge in [0.2, 0.25) is 5.91 Å². The smallest absolute Gasteiger partial charge is 0.220 e. The summed E-state index contributed by atoms with van der Waals surface area (Å²) in [5.41, 5.74) is 5.41. The third-order valence-electron chi connectivity index (χ3n) is 3.82. The van der Waals surface area contributed by atoms with Gasteiger partial charge >= 0.3 is 0 Å². The number of amides is 1. The Bertz CT molecular complexity index is 249. The Hall–Kier alpha value is -0.610. The second-order valence-corrected chi connectivity index (χ2v) is 6.45. The summed E-state index contributed by atoms with van der Waals surface area (Å²) >= 11 is 0. The van der Waals surface area contributed by atoms with Gasteiger partial charge < -0.3 is 15.6 Å². The maximum Gasteiger partial charge on any atom is 0.220 e. The molecular weight excluding hydrogens is 252 g/mol. The molecule has 1 unspecified atom stereocenters. The van der Waals surface area contributed by atoms with E-state index in [1.165, 1.54) is 44.9 Å². The van der Waals surface area contributed by atoms with Crippen molar-refractivity contribution in [1.29, 1.82) is 0 Å². The molecule has 0 aromatic carbocycles. The topological polar surface area (TPSA) is 66.2 Å². The summed E-state index contributed by atoms with van der Waals surface area (Å²) in [6.45, 7) is 2.69. The van der Waals surface area contributed by atoms with E-state index in [1.807, 2.05) is 0 Å². The van der Waals surface area contributed by atoms with Crippen molar-refractivity contribution in [2.45, 2.75) is 71.1 Å². The van der Waals surface area contributed by atoms with Gasteiger partial charge in [-0.1, -0.05) is 58.3 Å². The van der Waals surface area contributed by atoms with Crippen molar-refractivity contribution < 1.29 is 9.44 Å². The molecule has 0 saturated heterocycles. The number of carbonyl (C=O) groups is 1. The van der Waals surface area contributed by atoms with Gasteiger partial charge in [-0.15, -0.1) is 0 Å².